The molecular formula is C13H25ClN2O. The molecule has 1 aliphatic rings. The van der Waals surface area contributed by atoms with Crippen LogP contribution in [0.4, 0.5) is 0 Å². The molecule has 0 bridgehead atoms. The summed E-state index contributed by atoms with van der Waals surface area (Å²) in [4.78, 5) is 16.4. The zero-order valence-corrected chi connectivity index (χ0v) is 12.3. The number of nitrogens with zero attached hydrogens (tertiary/aromatic N) is 2. The first kappa shape index (κ1) is 14.8. The number of hydrogen-bond donors (Lipinski definition) is 0. The lowest BCUT2D eigenvalue weighted by Crippen LogP contribution is -2.46. The van der Waals surface area contributed by atoms with E-state index in [0.717, 1.165) is 38.4 Å². The van der Waals surface area contributed by atoms with Gasteiger partial charge in [-0.1, -0.05) is 0 Å². The lowest BCUT2D eigenvalue weighted by molar-refractivity contribution is -0.140. The van der Waals surface area contributed by atoms with E-state index < -0.39 is 5.41 Å². The van der Waals surface area contributed by atoms with Crippen molar-refractivity contribution in [2.75, 3.05) is 39.6 Å². The van der Waals surface area contributed by atoms with Crippen molar-refractivity contribution in [2.24, 2.45) is 11.3 Å². The van der Waals surface area contributed by atoms with Gasteiger partial charge in [0.2, 0.25) is 5.91 Å². The number of carbonyl (C=O) groups excluding carboxylic acids is 1. The van der Waals surface area contributed by atoms with Gasteiger partial charge in [-0.15, -0.1) is 11.6 Å². The van der Waals surface area contributed by atoms with E-state index in [1.54, 1.807) is 0 Å². The van der Waals surface area contributed by atoms with E-state index in [4.69, 9.17) is 11.6 Å². The average molecular weight is 261 g/mol. The highest BCUT2D eigenvalue weighted by molar-refractivity contribution is 6.19. The molecule has 0 saturated carbocycles. The van der Waals surface area contributed by atoms with Crippen LogP contribution in [0.1, 0.15) is 26.7 Å². The van der Waals surface area contributed by atoms with E-state index in [2.05, 4.69) is 19.0 Å². The highest BCUT2D eigenvalue weighted by atomic mass is 35.5. The molecule has 0 unspecified atom stereocenters. The molecule has 0 aliphatic carbocycles. The number of carbonyl (C=O) groups is 1. The molecule has 0 radical (unpaired) electrons. The zero-order chi connectivity index (χ0) is 13.1. The lowest BCUT2D eigenvalue weighted by Gasteiger charge is -2.37. The van der Waals surface area contributed by atoms with Crippen LogP contribution in [0.2, 0.25) is 0 Å². The summed E-state index contributed by atoms with van der Waals surface area (Å²) in [5.74, 6) is 1.33. The molecule has 0 spiro atoms. The molecule has 1 rings (SSSR count). The van der Waals surface area contributed by atoms with Crippen LogP contribution in [0.5, 0.6) is 0 Å². The van der Waals surface area contributed by atoms with Gasteiger partial charge in [0.15, 0.2) is 0 Å². The monoisotopic (exact) mass is 260 g/mol. The standard InChI is InChI=1S/C13H25ClN2O/c1-13(2,10-14)12(17)16-7-5-11(6-8-16)9-15(3)4/h11H,5-10H2,1-4H3. The fraction of sp³-hybridized carbons (Fsp3) is 0.923. The summed E-state index contributed by atoms with van der Waals surface area (Å²) >= 11 is 5.85. The van der Waals surface area contributed by atoms with E-state index in [-0.39, 0.29) is 5.91 Å². The molecule has 1 fully saturated rings. The molecule has 1 saturated heterocycles. The minimum Gasteiger partial charge on any atom is -0.342 e. The Hall–Kier alpha value is -0.280. The van der Waals surface area contributed by atoms with Crippen molar-refractivity contribution in [3.63, 3.8) is 0 Å². The second kappa shape index (κ2) is 6.05. The van der Waals surface area contributed by atoms with E-state index in [1.807, 2.05) is 18.7 Å². The van der Waals surface area contributed by atoms with Gasteiger partial charge in [0.05, 0.1) is 5.41 Å². The van der Waals surface area contributed by atoms with Crippen LogP contribution in [0.3, 0.4) is 0 Å². The summed E-state index contributed by atoms with van der Waals surface area (Å²) in [6, 6.07) is 0. The van der Waals surface area contributed by atoms with E-state index in [9.17, 15) is 4.79 Å². The lowest BCUT2D eigenvalue weighted by atomic mass is 9.90. The zero-order valence-electron chi connectivity index (χ0n) is 11.5. The number of hydrogen-bond acceptors (Lipinski definition) is 2. The third-order valence-electron chi connectivity index (χ3n) is 3.44. The van der Waals surface area contributed by atoms with Gasteiger partial charge in [-0.05, 0) is 46.7 Å². The van der Waals surface area contributed by atoms with Crippen LogP contribution in [0.25, 0.3) is 0 Å². The molecule has 3 nitrogen and oxygen atoms in total. The first-order valence-electron chi connectivity index (χ1n) is 6.37. The fourth-order valence-electron chi connectivity index (χ4n) is 2.32. The minimum atomic E-state index is -0.421. The summed E-state index contributed by atoms with van der Waals surface area (Å²) in [5.41, 5.74) is -0.421. The van der Waals surface area contributed by atoms with Crippen LogP contribution in [-0.4, -0.2) is 55.3 Å². The van der Waals surface area contributed by atoms with Gasteiger partial charge in [0, 0.05) is 25.5 Å². The SMILES string of the molecule is CN(C)CC1CCN(C(=O)C(C)(C)CCl)CC1. The van der Waals surface area contributed by atoms with Crippen molar-refractivity contribution < 1.29 is 4.79 Å². The van der Waals surface area contributed by atoms with Gasteiger partial charge in [0.1, 0.15) is 0 Å². The maximum Gasteiger partial charge on any atom is 0.229 e. The number of alkyl halides is 1. The molecular weight excluding hydrogens is 236 g/mol. The second-order valence-electron chi connectivity index (χ2n) is 6.02. The maximum atomic E-state index is 12.2. The van der Waals surface area contributed by atoms with Crippen molar-refractivity contribution in [2.45, 2.75) is 26.7 Å². The van der Waals surface area contributed by atoms with Crippen molar-refractivity contribution in [3.8, 4) is 0 Å². The molecule has 4 heteroatoms. The Morgan fingerprint density at radius 3 is 2.29 bits per heavy atom. The van der Waals surface area contributed by atoms with Crippen LogP contribution >= 0.6 is 11.6 Å². The Morgan fingerprint density at radius 2 is 1.88 bits per heavy atom. The van der Waals surface area contributed by atoms with Crippen molar-refractivity contribution in [3.05, 3.63) is 0 Å². The van der Waals surface area contributed by atoms with Gasteiger partial charge < -0.3 is 9.80 Å². The maximum absolute atomic E-state index is 12.2. The van der Waals surface area contributed by atoms with Crippen LogP contribution in [0, 0.1) is 11.3 Å². The molecule has 17 heavy (non-hydrogen) atoms. The van der Waals surface area contributed by atoms with Gasteiger partial charge in [-0.2, -0.15) is 0 Å². The minimum absolute atomic E-state index is 0.204. The molecule has 1 amide bonds. The summed E-state index contributed by atoms with van der Waals surface area (Å²) in [6.45, 7) is 6.75. The first-order valence-corrected chi connectivity index (χ1v) is 6.90. The first-order chi connectivity index (χ1) is 7.86. The molecule has 0 aromatic carbocycles. The molecule has 0 N–H and O–H groups in total. The average Bonchev–Trinajstić information content (AvgIpc) is 2.28. The van der Waals surface area contributed by atoms with E-state index in [1.165, 1.54) is 0 Å². The van der Waals surface area contributed by atoms with Gasteiger partial charge in [-0.3, -0.25) is 4.79 Å². The number of piperidine rings is 1. The van der Waals surface area contributed by atoms with E-state index in [0.29, 0.717) is 5.88 Å². The van der Waals surface area contributed by atoms with Gasteiger partial charge in [0.25, 0.3) is 0 Å². The normalized spacial score (nSPS) is 18.8. The number of likely N-dealkylation sites (tertiary alicyclic amines) is 1. The molecule has 0 atom stereocenters. The number of halogens is 1. The predicted octanol–water partition coefficient (Wildman–Crippen LogP) is 2.05. The summed E-state index contributed by atoms with van der Waals surface area (Å²) in [7, 11) is 4.21. The summed E-state index contributed by atoms with van der Waals surface area (Å²) < 4.78 is 0. The summed E-state index contributed by atoms with van der Waals surface area (Å²) in [6.07, 6.45) is 2.23. The second-order valence-corrected chi connectivity index (χ2v) is 6.28. The van der Waals surface area contributed by atoms with Crippen LogP contribution in [-0.2, 0) is 4.79 Å². The van der Waals surface area contributed by atoms with Gasteiger partial charge in [-0.25, -0.2) is 0 Å². The molecule has 100 valence electrons. The highest BCUT2D eigenvalue weighted by Crippen LogP contribution is 2.25. The number of rotatable bonds is 4. The van der Waals surface area contributed by atoms with Crippen molar-refractivity contribution in [1.29, 1.82) is 0 Å². The third kappa shape index (κ3) is 4.14. The molecule has 1 heterocycles. The Bertz CT molecular complexity index is 258. The Balaban J connectivity index is 2.44. The number of amides is 1. The van der Waals surface area contributed by atoms with Gasteiger partial charge >= 0.3 is 0 Å². The van der Waals surface area contributed by atoms with Crippen LogP contribution in [0.15, 0.2) is 0 Å². The van der Waals surface area contributed by atoms with Crippen molar-refractivity contribution in [1.82, 2.24) is 9.80 Å². The smallest absolute Gasteiger partial charge is 0.229 e. The Kier molecular flexibility index (Phi) is 5.26. The Morgan fingerprint density at radius 1 is 1.35 bits per heavy atom. The molecule has 0 aromatic heterocycles. The fourth-order valence-corrected chi connectivity index (χ4v) is 2.43. The predicted molar refractivity (Wildman–Crippen MR) is 72.4 cm³/mol. The summed E-state index contributed by atoms with van der Waals surface area (Å²) in [5, 5.41) is 0. The quantitative estimate of drug-likeness (QED) is 0.723. The highest BCUT2D eigenvalue weighted by Gasteiger charge is 2.33. The molecule has 1 aliphatic heterocycles. The van der Waals surface area contributed by atoms with Crippen molar-refractivity contribution >= 4 is 17.5 Å². The third-order valence-corrected chi connectivity index (χ3v) is 4.11. The van der Waals surface area contributed by atoms with Crippen LogP contribution < -0.4 is 0 Å². The van der Waals surface area contributed by atoms with E-state index >= 15 is 0 Å². The molecule has 0 aromatic rings. The largest absolute Gasteiger partial charge is 0.342 e. The Labute approximate surface area is 110 Å². The topological polar surface area (TPSA) is 23.6 Å².